The van der Waals surface area contributed by atoms with Crippen LogP contribution >= 0.6 is 0 Å². The van der Waals surface area contributed by atoms with E-state index in [0.29, 0.717) is 35.1 Å². The van der Waals surface area contributed by atoms with Gasteiger partial charge >= 0.3 is 0 Å². The van der Waals surface area contributed by atoms with Crippen molar-refractivity contribution in [3.63, 3.8) is 0 Å². The number of hydrogen-bond acceptors (Lipinski definition) is 6. The van der Waals surface area contributed by atoms with Crippen LogP contribution in [0.25, 0.3) is 112 Å². The molecule has 0 N–H and O–H groups in total. The van der Waals surface area contributed by atoms with Gasteiger partial charge in [0.2, 0.25) is 5.95 Å². The summed E-state index contributed by atoms with van der Waals surface area (Å²) in [6.07, 6.45) is 0. The van der Waals surface area contributed by atoms with Crippen LogP contribution in [-0.4, -0.2) is 39.0 Å². The second kappa shape index (κ2) is 14.6. The number of nitrogens with zero attached hydrogens (tertiary/aromatic N) is 8. The van der Waals surface area contributed by atoms with Crippen molar-refractivity contribution in [2.45, 2.75) is 0 Å². The zero-order chi connectivity index (χ0) is 41.0. The fourth-order valence-electron chi connectivity index (χ4n) is 8.52. The molecule has 0 bridgehead atoms. The van der Waals surface area contributed by atoms with Crippen molar-refractivity contribution in [1.82, 2.24) is 39.0 Å². The van der Waals surface area contributed by atoms with Crippen molar-refractivity contribution in [2.24, 2.45) is 0 Å². The fourth-order valence-corrected chi connectivity index (χ4v) is 8.52. The van der Waals surface area contributed by atoms with Gasteiger partial charge in [-0.25, -0.2) is 19.9 Å². The van der Waals surface area contributed by atoms with E-state index in [1.54, 1.807) is 0 Å². The molecule has 4 aromatic heterocycles. The quantitative estimate of drug-likeness (QED) is 0.160. The van der Waals surface area contributed by atoms with E-state index in [0.717, 1.165) is 66.3 Å². The summed E-state index contributed by atoms with van der Waals surface area (Å²) in [6, 6.07) is 70.5. The summed E-state index contributed by atoms with van der Waals surface area (Å²) in [5.41, 5.74) is 9.79. The predicted octanol–water partition coefficient (Wildman–Crippen LogP) is 12.6. The minimum absolute atomic E-state index is 0.531. The summed E-state index contributed by atoms with van der Waals surface area (Å²) >= 11 is 0. The fraction of sp³-hybridized carbons (Fsp3) is 0. The molecule has 0 spiro atoms. The summed E-state index contributed by atoms with van der Waals surface area (Å²) in [5.74, 6) is 3.47. The van der Waals surface area contributed by atoms with Crippen LogP contribution in [0.4, 0.5) is 0 Å². The van der Waals surface area contributed by atoms with Gasteiger partial charge in [-0.15, -0.1) is 0 Å². The molecule has 0 saturated carbocycles. The van der Waals surface area contributed by atoms with Crippen molar-refractivity contribution in [3.05, 3.63) is 206 Å². The Morgan fingerprint density at radius 1 is 0.242 bits per heavy atom. The number of para-hydroxylation sites is 3. The van der Waals surface area contributed by atoms with Gasteiger partial charge in [0, 0.05) is 55.0 Å². The molecule has 4 heterocycles. The van der Waals surface area contributed by atoms with Gasteiger partial charge < -0.3 is 4.57 Å². The van der Waals surface area contributed by atoms with Gasteiger partial charge in [-0.05, 0) is 36.4 Å². The maximum Gasteiger partial charge on any atom is 0.238 e. The molecule has 0 aliphatic rings. The zero-order valence-electron chi connectivity index (χ0n) is 33.2. The van der Waals surface area contributed by atoms with Crippen LogP contribution in [0.5, 0.6) is 0 Å². The Labute approximate surface area is 356 Å². The van der Waals surface area contributed by atoms with E-state index in [-0.39, 0.29) is 0 Å². The highest BCUT2D eigenvalue weighted by Crippen LogP contribution is 2.39. The Bertz CT molecular complexity index is 3540. The van der Waals surface area contributed by atoms with Gasteiger partial charge in [-0.1, -0.05) is 170 Å². The van der Waals surface area contributed by atoms with Crippen LogP contribution in [0.2, 0.25) is 0 Å². The Hall–Kier alpha value is -8.62. The van der Waals surface area contributed by atoms with E-state index in [9.17, 15) is 0 Å². The predicted molar refractivity (Wildman–Crippen MR) is 249 cm³/mol. The van der Waals surface area contributed by atoms with Gasteiger partial charge in [0.05, 0.1) is 22.1 Å². The molecule has 12 aromatic rings. The van der Waals surface area contributed by atoms with E-state index in [1.807, 2.05) is 115 Å². The highest BCUT2D eigenvalue weighted by atomic mass is 15.2. The van der Waals surface area contributed by atoms with E-state index < -0.39 is 0 Å². The second-order valence-corrected chi connectivity index (χ2v) is 15.2. The first kappa shape index (κ1) is 35.3. The second-order valence-electron chi connectivity index (χ2n) is 15.2. The zero-order valence-corrected chi connectivity index (χ0v) is 33.2. The molecular weight excluding hydrogens is 761 g/mol. The molecule has 0 atom stereocenters. The summed E-state index contributed by atoms with van der Waals surface area (Å²) in [4.78, 5) is 30.4. The third-order valence-corrected chi connectivity index (χ3v) is 11.4. The molecule has 0 amide bonds. The summed E-state index contributed by atoms with van der Waals surface area (Å²) < 4.78 is 4.53. The maximum absolute atomic E-state index is 5.28. The Morgan fingerprint density at radius 2 is 0.581 bits per heavy atom. The van der Waals surface area contributed by atoms with Crippen molar-refractivity contribution in [1.29, 1.82) is 0 Å². The van der Waals surface area contributed by atoms with E-state index in [1.165, 1.54) is 10.8 Å². The van der Waals surface area contributed by atoms with Crippen LogP contribution in [0.1, 0.15) is 0 Å². The van der Waals surface area contributed by atoms with Crippen LogP contribution < -0.4 is 0 Å². The van der Waals surface area contributed by atoms with Gasteiger partial charge in [-0.3, -0.25) is 4.57 Å². The van der Waals surface area contributed by atoms with Crippen molar-refractivity contribution in [2.75, 3.05) is 0 Å². The van der Waals surface area contributed by atoms with Crippen molar-refractivity contribution >= 4 is 43.6 Å². The SMILES string of the molecule is c1ccc(-c2nc(-c3ccccc3)nc(-c3ccc(-c4nc(-c5ccccc5)nc(-n5c6ccccc6c6cc7c8ccccc8n(-c8ccccc8)c7cc65)n4)cc3)n2)cc1. The third-order valence-electron chi connectivity index (χ3n) is 11.4. The van der Waals surface area contributed by atoms with Gasteiger partial charge in [0.1, 0.15) is 0 Å². The molecule has 0 aliphatic heterocycles. The van der Waals surface area contributed by atoms with Crippen LogP contribution in [0, 0.1) is 0 Å². The Morgan fingerprint density at radius 3 is 1.03 bits per heavy atom. The van der Waals surface area contributed by atoms with Crippen LogP contribution in [0.3, 0.4) is 0 Å². The lowest BCUT2D eigenvalue weighted by Gasteiger charge is -2.12. The number of rotatable bonds is 7. The molecule has 0 saturated heterocycles. The molecule has 0 fully saturated rings. The third kappa shape index (κ3) is 6.00. The smallest absolute Gasteiger partial charge is 0.238 e. The number of benzene rings is 8. The summed E-state index contributed by atoms with van der Waals surface area (Å²) in [6.45, 7) is 0. The van der Waals surface area contributed by atoms with E-state index in [4.69, 9.17) is 29.9 Å². The number of aromatic nitrogens is 8. The van der Waals surface area contributed by atoms with Crippen LogP contribution in [0.15, 0.2) is 206 Å². The topological polar surface area (TPSA) is 87.2 Å². The van der Waals surface area contributed by atoms with Gasteiger partial charge in [0.15, 0.2) is 29.1 Å². The standard InChI is InChI=1S/C54H34N8/c1-5-17-35(18-6-1)49-55-50(36-19-7-2-8-20-36)57-51(56-49)38-29-31-39(32-30-38)53-58-52(37-21-9-3-10-22-37)59-54(60-53)62-46-28-16-14-26-42(46)44-33-43-41-25-13-15-27-45(41)61(47(43)34-48(44)62)40-23-11-4-12-24-40/h1-34H. The normalized spacial score (nSPS) is 11.5. The van der Waals surface area contributed by atoms with Crippen LogP contribution in [-0.2, 0) is 0 Å². The lowest BCUT2D eigenvalue weighted by molar-refractivity contribution is 0.953. The highest BCUT2D eigenvalue weighted by molar-refractivity contribution is 6.19. The minimum Gasteiger partial charge on any atom is -0.309 e. The van der Waals surface area contributed by atoms with Gasteiger partial charge in [-0.2, -0.15) is 9.97 Å². The molecule has 0 radical (unpaired) electrons. The highest BCUT2D eigenvalue weighted by Gasteiger charge is 2.21. The number of hydrogen-bond donors (Lipinski definition) is 0. The molecular formula is C54H34N8. The monoisotopic (exact) mass is 794 g/mol. The average Bonchev–Trinajstić information content (AvgIpc) is 3.86. The van der Waals surface area contributed by atoms with Gasteiger partial charge in [0.25, 0.3) is 0 Å². The number of fused-ring (bicyclic) bond motifs is 6. The van der Waals surface area contributed by atoms with E-state index >= 15 is 0 Å². The first-order valence-corrected chi connectivity index (χ1v) is 20.5. The molecule has 8 heteroatoms. The first-order chi connectivity index (χ1) is 30.7. The molecule has 12 rings (SSSR count). The average molecular weight is 795 g/mol. The van der Waals surface area contributed by atoms with Crippen molar-refractivity contribution in [3.8, 4) is 68.6 Å². The lowest BCUT2D eigenvalue weighted by Crippen LogP contribution is -2.06. The molecule has 8 nitrogen and oxygen atoms in total. The molecule has 62 heavy (non-hydrogen) atoms. The molecule has 8 aromatic carbocycles. The van der Waals surface area contributed by atoms with Crippen molar-refractivity contribution < 1.29 is 0 Å². The Kier molecular flexibility index (Phi) is 8.31. The molecule has 290 valence electrons. The molecule has 0 unspecified atom stereocenters. The summed E-state index contributed by atoms with van der Waals surface area (Å²) in [5, 5.41) is 4.63. The first-order valence-electron chi connectivity index (χ1n) is 20.5. The Balaban J connectivity index is 1.05. The van der Waals surface area contributed by atoms with E-state index in [2.05, 4.69) is 100 Å². The lowest BCUT2D eigenvalue weighted by atomic mass is 10.1. The molecule has 0 aliphatic carbocycles. The maximum atomic E-state index is 5.28. The largest absolute Gasteiger partial charge is 0.309 e. The summed E-state index contributed by atoms with van der Waals surface area (Å²) in [7, 11) is 0. The minimum atomic E-state index is 0.531.